The second-order valence-corrected chi connectivity index (χ2v) is 14.1. The Bertz CT molecular complexity index is 1970. The van der Waals surface area contributed by atoms with Gasteiger partial charge in [-0.25, -0.2) is 9.98 Å². The summed E-state index contributed by atoms with van der Waals surface area (Å²) in [6.45, 7) is 0. The fraction of sp³-hybridized carbons (Fsp3) is 0.128. The highest BCUT2D eigenvalue weighted by molar-refractivity contribution is 8.00. The van der Waals surface area contributed by atoms with Crippen LogP contribution in [-0.2, 0) is 6.42 Å². The molecule has 2 aliphatic rings. The minimum Gasteiger partial charge on any atom is -0.508 e. The molecular weight excluding hydrogens is 625 g/mol. The average molecular weight is 655 g/mol. The van der Waals surface area contributed by atoms with Crippen LogP contribution in [0.3, 0.4) is 0 Å². The summed E-state index contributed by atoms with van der Waals surface area (Å²) >= 11 is 3.42. The minimum absolute atomic E-state index is 0.0698. The highest BCUT2D eigenvalue weighted by atomic mass is 32.2. The topological polar surface area (TPSA) is 91.5 Å². The molecule has 2 unspecified atom stereocenters. The van der Waals surface area contributed by atoms with Gasteiger partial charge >= 0.3 is 0 Å². The summed E-state index contributed by atoms with van der Waals surface area (Å²) < 4.78 is 11.5. The van der Waals surface area contributed by atoms with Crippen LogP contribution >= 0.6 is 23.5 Å². The molecule has 2 aromatic heterocycles. The van der Waals surface area contributed by atoms with Gasteiger partial charge < -0.3 is 19.0 Å². The van der Waals surface area contributed by atoms with Crippen molar-refractivity contribution in [1.29, 1.82) is 0 Å². The van der Waals surface area contributed by atoms with Crippen molar-refractivity contribution in [3.8, 4) is 11.5 Å². The molecule has 8 rings (SSSR count). The van der Waals surface area contributed by atoms with Crippen LogP contribution in [0.2, 0.25) is 0 Å². The Kier molecular flexibility index (Phi) is 7.97. The van der Waals surface area contributed by atoms with Crippen molar-refractivity contribution >= 4 is 46.3 Å². The number of aromatic hydroxyl groups is 2. The van der Waals surface area contributed by atoms with E-state index in [-0.39, 0.29) is 22.0 Å². The molecule has 8 heteroatoms. The van der Waals surface area contributed by atoms with E-state index in [1.54, 1.807) is 48.2 Å². The third kappa shape index (κ3) is 6.14. The fourth-order valence-electron chi connectivity index (χ4n) is 6.14. The molecule has 0 fully saturated rings. The lowest BCUT2D eigenvalue weighted by molar-refractivity contribution is 0.467. The van der Waals surface area contributed by atoms with Crippen LogP contribution in [0, 0.1) is 0 Å². The largest absolute Gasteiger partial charge is 0.508 e. The van der Waals surface area contributed by atoms with Gasteiger partial charge in [-0.05, 0) is 78.2 Å². The van der Waals surface area contributed by atoms with Gasteiger partial charge in [0.1, 0.15) is 23.0 Å². The number of benzene rings is 4. The van der Waals surface area contributed by atoms with Gasteiger partial charge in [0, 0.05) is 44.3 Å². The minimum atomic E-state index is -0.0698. The molecule has 0 saturated heterocycles. The molecule has 2 N–H and O–H groups in total. The third-order valence-corrected chi connectivity index (χ3v) is 11.0. The fourth-order valence-corrected chi connectivity index (χ4v) is 8.65. The molecule has 0 amide bonds. The van der Waals surface area contributed by atoms with Gasteiger partial charge in [-0.1, -0.05) is 48.5 Å². The second-order valence-electron chi connectivity index (χ2n) is 11.6. The number of furan rings is 2. The maximum Gasteiger partial charge on any atom is 0.148 e. The first-order valence-corrected chi connectivity index (χ1v) is 17.2. The van der Waals surface area contributed by atoms with Crippen LogP contribution in [0.1, 0.15) is 57.1 Å². The van der Waals surface area contributed by atoms with Gasteiger partial charge in [-0.15, -0.1) is 23.5 Å². The maximum atomic E-state index is 11.1. The van der Waals surface area contributed by atoms with E-state index in [0.717, 1.165) is 66.4 Å². The zero-order valence-electron chi connectivity index (χ0n) is 25.2. The molecule has 0 radical (unpaired) electrons. The standard InChI is InChI=1S/C39H30N2O4S2/c42-32-15-13-24(20-26(32)38-22-30(34-9-5-17-44-34)40-28-7-1-3-11-36(28)46-38)19-25-14-16-33(43)27(21-25)39-23-31(35-10-6-18-45-35)41-29-8-2-4-12-37(29)47-39/h1-18,20-21,38-39,42-43H,19,22-23H2. The summed E-state index contributed by atoms with van der Waals surface area (Å²) in [6.07, 6.45) is 5.18. The Labute approximate surface area is 280 Å². The quantitative estimate of drug-likeness (QED) is 0.186. The molecule has 2 aliphatic heterocycles. The first-order valence-electron chi connectivity index (χ1n) is 15.5. The Hall–Kier alpha value is -4.92. The third-order valence-electron chi connectivity index (χ3n) is 8.43. The summed E-state index contributed by atoms with van der Waals surface area (Å²) in [6, 6.07) is 35.5. The molecule has 4 aromatic carbocycles. The molecule has 0 bridgehead atoms. The van der Waals surface area contributed by atoms with E-state index >= 15 is 0 Å². The van der Waals surface area contributed by atoms with Crippen molar-refractivity contribution in [2.75, 3.05) is 0 Å². The van der Waals surface area contributed by atoms with Crippen molar-refractivity contribution in [1.82, 2.24) is 0 Å². The molecule has 0 aliphatic carbocycles. The van der Waals surface area contributed by atoms with Gasteiger partial charge in [0.25, 0.3) is 0 Å². The number of hydrogen-bond donors (Lipinski definition) is 2. The number of thioether (sulfide) groups is 2. The molecule has 4 heterocycles. The van der Waals surface area contributed by atoms with E-state index in [0.29, 0.717) is 19.3 Å². The zero-order valence-corrected chi connectivity index (χ0v) is 26.9. The maximum absolute atomic E-state index is 11.1. The SMILES string of the molecule is Oc1ccc(Cc2ccc(O)c(C3CC(c4ccco4)=Nc4ccccc4S3)c2)cc1C1CC(c2ccco2)=Nc2ccccc2S1. The Morgan fingerprint density at radius 2 is 1.04 bits per heavy atom. The number of para-hydroxylation sites is 2. The van der Waals surface area contributed by atoms with Gasteiger partial charge in [-0.2, -0.15) is 0 Å². The number of phenols is 2. The van der Waals surface area contributed by atoms with Gasteiger partial charge in [0.05, 0.1) is 35.3 Å². The van der Waals surface area contributed by atoms with Gasteiger partial charge in [0.15, 0.2) is 0 Å². The lowest BCUT2D eigenvalue weighted by Gasteiger charge is -2.19. The number of aliphatic imine (C=N–C) groups is 2. The second kappa shape index (κ2) is 12.7. The van der Waals surface area contributed by atoms with Gasteiger partial charge in [-0.3, -0.25) is 0 Å². The van der Waals surface area contributed by atoms with E-state index < -0.39 is 0 Å². The number of nitrogens with zero attached hydrogens (tertiary/aromatic N) is 2. The Balaban J connectivity index is 1.10. The van der Waals surface area contributed by atoms with Crippen molar-refractivity contribution in [2.45, 2.75) is 39.6 Å². The number of hydrogen-bond acceptors (Lipinski definition) is 8. The van der Waals surface area contributed by atoms with Crippen LogP contribution in [0.5, 0.6) is 11.5 Å². The first kappa shape index (κ1) is 29.5. The first-order chi connectivity index (χ1) is 23.1. The lowest BCUT2D eigenvalue weighted by Crippen LogP contribution is -2.06. The molecule has 47 heavy (non-hydrogen) atoms. The summed E-state index contributed by atoms with van der Waals surface area (Å²) in [5.74, 6) is 1.99. The van der Waals surface area contributed by atoms with E-state index in [9.17, 15) is 10.2 Å². The van der Waals surface area contributed by atoms with Crippen LogP contribution in [0.15, 0.2) is 150 Å². The predicted molar refractivity (Wildman–Crippen MR) is 188 cm³/mol. The van der Waals surface area contributed by atoms with E-state index in [1.165, 1.54) is 0 Å². The smallest absolute Gasteiger partial charge is 0.148 e. The van der Waals surface area contributed by atoms with Crippen LogP contribution in [-0.4, -0.2) is 21.6 Å². The highest BCUT2D eigenvalue weighted by Gasteiger charge is 2.28. The van der Waals surface area contributed by atoms with E-state index in [4.69, 9.17) is 18.8 Å². The molecule has 2 atom stereocenters. The molecule has 6 nitrogen and oxygen atoms in total. The summed E-state index contributed by atoms with van der Waals surface area (Å²) in [4.78, 5) is 12.0. The number of rotatable bonds is 6. The Morgan fingerprint density at radius 1 is 0.574 bits per heavy atom. The van der Waals surface area contributed by atoms with E-state index in [1.807, 2.05) is 72.8 Å². The molecule has 0 saturated carbocycles. The highest BCUT2D eigenvalue weighted by Crippen LogP contribution is 2.49. The van der Waals surface area contributed by atoms with Crippen molar-refractivity contribution in [3.63, 3.8) is 0 Å². The molecule has 6 aromatic rings. The molecule has 232 valence electrons. The monoisotopic (exact) mass is 654 g/mol. The van der Waals surface area contributed by atoms with Gasteiger partial charge in [0.2, 0.25) is 0 Å². The summed E-state index contributed by atoms with van der Waals surface area (Å²) in [5.41, 5.74) is 7.36. The van der Waals surface area contributed by atoms with E-state index in [2.05, 4.69) is 24.3 Å². The predicted octanol–water partition coefficient (Wildman–Crippen LogP) is 10.6. The van der Waals surface area contributed by atoms with Crippen molar-refractivity contribution in [3.05, 3.63) is 155 Å². The van der Waals surface area contributed by atoms with Crippen molar-refractivity contribution in [2.24, 2.45) is 9.98 Å². The zero-order chi connectivity index (χ0) is 31.7. The normalized spacial score (nSPS) is 17.5. The lowest BCUT2D eigenvalue weighted by atomic mass is 9.96. The van der Waals surface area contributed by atoms with Crippen LogP contribution in [0.25, 0.3) is 0 Å². The summed E-state index contributed by atoms with van der Waals surface area (Å²) in [7, 11) is 0. The number of fused-ring (bicyclic) bond motifs is 2. The Morgan fingerprint density at radius 3 is 1.49 bits per heavy atom. The van der Waals surface area contributed by atoms with Crippen molar-refractivity contribution < 1.29 is 19.0 Å². The summed E-state index contributed by atoms with van der Waals surface area (Å²) in [5, 5.41) is 22.1. The van der Waals surface area contributed by atoms with Crippen LogP contribution < -0.4 is 0 Å². The molecule has 0 spiro atoms. The molecular formula is C39H30N2O4S2. The average Bonchev–Trinajstić information content (AvgIpc) is 3.76. The van der Waals surface area contributed by atoms with Crippen LogP contribution in [0.4, 0.5) is 11.4 Å². The number of phenolic OH excluding ortho intramolecular Hbond substituents is 2.